The molecule has 4 aliphatic rings. The van der Waals surface area contributed by atoms with E-state index in [4.69, 9.17) is 42.9 Å². The zero-order chi connectivity index (χ0) is 48.2. The molecule has 4 aliphatic carbocycles. The molecule has 4 unspecified atom stereocenters. The molecule has 0 bridgehead atoms. The van der Waals surface area contributed by atoms with Crippen LogP contribution in [0.5, 0.6) is 0 Å². The zero-order valence-corrected chi connectivity index (χ0v) is 39.3. The van der Waals surface area contributed by atoms with Gasteiger partial charge in [-0.1, -0.05) is 64.1 Å². The highest BCUT2D eigenvalue weighted by molar-refractivity contribution is 7.84. The van der Waals surface area contributed by atoms with E-state index in [1.54, 1.807) is 38.1 Å². The number of rotatable bonds is 10. The Bertz CT molecular complexity index is 2080. The van der Waals surface area contributed by atoms with Crippen LogP contribution >= 0.6 is 0 Å². The lowest BCUT2D eigenvalue weighted by Crippen LogP contribution is -2.64. The number of aliphatic hydroxyl groups is 1. The van der Waals surface area contributed by atoms with E-state index in [9.17, 15) is 31.4 Å². The first-order valence-electron chi connectivity index (χ1n) is 21.7. The van der Waals surface area contributed by atoms with Crippen molar-refractivity contribution in [1.29, 1.82) is 0 Å². The SMILES string of the molecule is CO.[C-]#[N+]c1ccc2c(c1)[C@@](N)(C(=O)OCC)C1(C2)C[C@@H](C)C(OC(F)F)[C@@H](C)C1.[C-]#[N+]c1ccc2c(c1)[C@@](N[S@@](=O)C(C)(C)C)(C(=O)OCC)C1(C2)C[C@@H](C)C(OC(F)F)[C@@H](C)C1. The monoisotopic (exact) mass is 920 g/mol. The van der Waals surface area contributed by atoms with Gasteiger partial charge in [0.05, 0.1) is 54.3 Å². The molecule has 17 heteroatoms. The second-order valence-corrected chi connectivity index (χ2v) is 20.7. The van der Waals surface area contributed by atoms with Gasteiger partial charge in [0.15, 0.2) is 16.9 Å². The van der Waals surface area contributed by atoms with Gasteiger partial charge in [-0.05, 0) is 119 Å². The maximum absolute atomic E-state index is 13.9. The molecule has 0 radical (unpaired) electrons. The van der Waals surface area contributed by atoms with E-state index < -0.39 is 75.0 Å². The lowest BCUT2D eigenvalue weighted by Gasteiger charge is -2.52. The average molecular weight is 921 g/mol. The third-order valence-corrected chi connectivity index (χ3v) is 15.2. The number of benzene rings is 2. The van der Waals surface area contributed by atoms with E-state index in [0.717, 1.165) is 18.2 Å². The second-order valence-electron chi connectivity index (χ2n) is 18.8. The summed E-state index contributed by atoms with van der Waals surface area (Å²) >= 11 is 0. The van der Waals surface area contributed by atoms with Crippen LogP contribution in [0.25, 0.3) is 9.69 Å². The number of hydrogen-bond donors (Lipinski definition) is 3. The van der Waals surface area contributed by atoms with E-state index in [1.807, 2.05) is 60.6 Å². The highest BCUT2D eigenvalue weighted by Gasteiger charge is 2.67. The van der Waals surface area contributed by atoms with Gasteiger partial charge in [-0.3, -0.25) is 0 Å². The Hall–Kier alpha value is -3.97. The predicted octanol–water partition coefficient (Wildman–Crippen LogP) is 9.04. The molecule has 12 nitrogen and oxygen atoms in total. The summed E-state index contributed by atoms with van der Waals surface area (Å²) in [7, 11) is -0.654. The molecule has 2 aromatic carbocycles. The lowest BCUT2D eigenvalue weighted by molar-refractivity contribution is -0.210. The summed E-state index contributed by atoms with van der Waals surface area (Å²) < 4.78 is 88.8. The molecule has 0 aromatic heterocycles. The van der Waals surface area contributed by atoms with Gasteiger partial charge in [0.25, 0.3) is 0 Å². The van der Waals surface area contributed by atoms with Crippen molar-refractivity contribution in [2.75, 3.05) is 20.3 Å². The highest BCUT2D eigenvalue weighted by atomic mass is 32.2. The number of carbonyl (C=O) groups excluding carboxylic acids is 2. The first-order chi connectivity index (χ1) is 30.0. The minimum Gasteiger partial charge on any atom is -0.464 e. The summed E-state index contributed by atoms with van der Waals surface area (Å²) in [5, 5.41) is 7.00. The molecule has 2 spiro atoms. The molecule has 2 fully saturated rings. The number of nitrogens with one attached hydrogen (secondary N) is 1. The Morgan fingerprint density at radius 2 is 1.16 bits per heavy atom. The predicted molar refractivity (Wildman–Crippen MR) is 235 cm³/mol. The quantitative estimate of drug-likeness (QED) is 0.120. The van der Waals surface area contributed by atoms with Gasteiger partial charge in [-0.2, -0.15) is 17.6 Å². The van der Waals surface area contributed by atoms with Crippen molar-refractivity contribution in [3.05, 3.63) is 81.5 Å². The van der Waals surface area contributed by atoms with Crippen molar-refractivity contribution >= 4 is 34.3 Å². The largest absolute Gasteiger partial charge is 0.464 e. The Morgan fingerprint density at radius 1 is 0.766 bits per heavy atom. The molecule has 0 heterocycles. The number of nitrogens with zero attached hydrogens (tertiary/aromatic N) is 2. The molecule has 4 N–H and O–H groups in total. The molecule has 0 amide bonds. The van der Waals surface area contributed by atoms with Crippen LogP contribution in [-0.4, -0.2) is 71.8 Å². The molecule has 2 aromatic rings. The van der Waals surface area contributed by atoms with Crippen LogP contribution in [0.2, 0.25) is 0 Å². The summed E-state index contributed by atoms with van der Waals surface area (Å²) in [6.07, 6.45) is 1.47. The van der Waals surface area contributed by atoms with Gasteiger partial charge in [0.2, 0.25) is 0 Å². The van der Waals surface area contributed by atoms with Crippen LogP contribution in [0, 0.1) is 47.6 Å². The Labute approximate surface area is 377 Å². The van der Waals surface area contributed by atoms with Crippen LogP contribution in [0.4, 0.5) is 28.9 Å². The van der Waals surface area contributed by atoms with Crippen LogP contribution < -0.4 is 10.5 Å². The minimum atomic E-state index is -2.88. The van der Waals surface area contributed by atoms with Gasteiger partial charge >= 0.3 is 25.2 Å². The lowest BCUT2D eigenvalue weighted by atomic mass is 9.56. The molecule has 11 atom stereocenters. The van der Waals surface area contributed by atoms with Crippen LogP contribution in [0.15, 0.2) is 36.4 Å². The van der Waals surface area contributed by atoms with Crippen LogP contribution in [0.3, 0.4) is 0 Å². The standard InChI is InChI=1S/C25H34F2N2O4S.C21H26F2N2O3.CH4O/c1-8-32-21(30)25(29-34(31)23(4,5)6)19-11-18(28-7)10-9-17(19)14-24(25)12-15(2)20(16(3)13-24)33-22(26)27;1-5-27-18(26)21(24)16-8-15(25-4)7-6-14(16)11-20(21)9-12(2)17(13(3)10-20)28-19(22)23;1-2/h9-11,15-16,20,22,29H,8,12-14H2,1-6H3;6-8,12-13,17,19H,5,9-11,24H2,1-3H3;2H,1H3/t15-,16+,20?,24?,25-,34+;12-,13+,17?,20?,21-;/m11./s1. The van der Waals surface area contributed by atoms with Gasteiger partial charge in [0, 0.05) is 17.9 Å². The molecule has 354 valence electrons. The summed E-state index contributed by atoms with van der Waals surface area (Å²) in [5.74, 6) is -2.06. The van der Waals surface area contributed by atoms with E-state index in [0.29, 0.717) is 61.0 Å². The van der Waals surface area contributed by atoms with Gasteiger partial charge in [-0.25, -0.2) is 28.2 Å². The maximum Gasteiger partial charge on any atom is 0.345 e. The van der Waals surface area contributed by atoms with Crippen LogP contribution in [-0.2, 0) is 63.4 Å². The van der Waals surface area contributed by atoms with E-state index >= 15 is 0 Å². The number of halogens is 4. The fourth-order valence-corrected chi connectivity index (χ4v) is 12.4. The zero-order valence-electron chi connectivity index (χ0n) is 38.4. The van der Waals surface area contributed by atoms with Crippen molar-refractivity contribution in [3.8, 4) is 0 Å². The maximum atomic E-state index is 13.9. The summed E-state index contributed by atoms with van der Waals surface area (Å²) in [6, 6.07) is 10.5. The highest BCUT2D eigenvalue weighted by Crippen LogP contribution is 2.62. The normalized spacial score (nSPS) is 32.0. The fraction of sp³-hybridized carbons (Fsp3) is 0.660. The minimum absolute atomic E-state index is 0.126. The number of carbonyl (C=O) groups is 2. The Balaban J connectivity index is 0.000000275. The van der Waals surface area contributed by atoms with E-state index in [2.05, 4.69) is 14.4 Å². The first kappa shape index (κ1) is 52.7. The molecular formula is C47H64F4N4O8S. The van der Waals surface area contributed by atoms with Crippen molar-refractivity contribution in [1.82, 2.24) is 4.72 Å². The molecular weight excluding hydrogens is 857 g/mol. The first-order valence-corrected chi connectivity index (χ1v) is 22.8. The number of ether oxygens (including phenoxy) is 4. The van der Waals surface area contributed by atoms with Crippen molar-refractivity contribution < 1.29 is 55.4 Å². The van der Waals surface area contributed by atoms with Gasteiger partial charge < -0.3 is 29.8 Å². The van der Waals surface area contributed by atoms with Crippen molar-refractivity contribution in [3.63, 3.8) is 0 Å². The van der Waals surface area contributed by atoms with Crippen molar-refractivity contribution in [2.45, 2.75) is 142 Å². The topological polar surface area (TPSA) is 155 Å². The number of fused-ring (bicyclic) bond motifs is 2. The number of aliphatic hydroxyl groups excluding tert-OH is 1. The Kier molecular flexibility index (Phi) is 17.0. The fourth-order valence-electron chi connectivity index (χ4n) is 11.4. The number of esters is 2. The molecule has 64 heavy (non-hydrogen) atoms. The molecule has 2 saturated carbocycles. The third kappa shape index (κ3) is 9.76. The van der Waals surface area contributed by atoms with Gasteiger partial charge in [-0.15, -0.1) is 0 Å². The third-order valence-electron chi connectivity index (χ3n) is 13.6. The molecule has 6 rings (SSSR count). The Morgan fingerprint density at radius 3 is 1.56 bits per heavy atom. The van der Waals surface area contributed by atoms with Crippen LogP contribution in [0.1, 0.15) is 110 Å². The van der Waals surface area contributed by atoms with Gasteiger partial charge in [0.1, 0.15) is 5.54 Å². The molecule has 0 saturated heterocycles. The van der Waals surface area contributed by atoms with E-state index in [1.165, 1.54) is 0 Å². The van der Waals surface area contributed by atoms with E-state index in [-0.39, 0.29) is 36.9 Å². The average Bonchev–Trinajstić information content (AvgIpc) is 3.62. The number of nitrogens with two attached hydrogens (primary N) is 1. The second kappa shape index (κ2) is 20.7. The smallest absolute Gasteiger partial charge is 0.345 e. The molecule has 0 aliphatic heterocycles. The number of hydrogen-bond acceptors (Lipinski definition) is 9. The summed E-state index contributed by atoms with van der Waals surface area (Å²) in [5.41, 5.74) is 6.23. The number of alkyl halides is 4. The summed E-state index contributed by atoms with van der Waals surface area (Å²) in [4.78, 5) is 34.0. The summed E-state index contributed by atoms with van der Waals surface area (Å²) in [6.45, 7) is 25.7. The van der Waals surface area contributed by atoms with Crippen molar-refractivity contribution in [2.24, 2.45) is 40.2 Å².